The van der Waals surface area contributed by atoms with Crippen LogP contribution in [0.5, 0.6) is 11.5 Å². The summed E-state index contributed by atoms with van der Waals surface area (Å²) in [6.45, 7) is 7.92. The molecule has 0 radical (unpaired) electrons. The molecule has 0 aromatic heterocycles. The third kappa shape index (κ3) is 3.15. The van der Waals surface area contributed by atoms with Gasteiger partial charge < -0.3 is 14.4 Å². The molecule has 5 nitrogen and oxygen atoms in total. The normalized spacial score (nSPS) is 26.9. The summed E-state index contributed by atoms with van der Waals surface area (Å²) in [6.07, 6.45) is 1.08. The number of hydrogen-bond acceptors (Lipinski definition) is 4. The number of carbonyl (C=O) groups excluding carboxylic acids is 1. The van der Waals surface area contributed by atoms with Crippen molar-refractivity contribution < 1.29 is 14.3 Å². The first-order valence-electron chi connectivity index (χ1n) is 8.60. The second-order valence-corrected chi connectivity index (χ2v) is 6.90. The number of fused-ring (bicyclic) bond motifs is 1. The van der Waals surface area contributed by atoms with Gasteiger partial charge in [-0.1, -0.05) is 13.0 Å². The van der Waals surface area contributed by atoms with Crippen molar-refractivity contribution in [3.8, 4) is 11.5 Å². The van der Waals surface area contributed by atoms with Crippen molar-refractivity contribution in [2.45, 2.75) is 19.9 Å². The lowest BCUT2D eigenvalue weighted by molar-refractivity contribution is -0.134. The molecule has 3 aliphatic rings. The average molecular weight is 316 g/mol. The molecule has 2 atom stereocenters. The van der Waals surface area contributed by atoms with E-state index in [1.165, 1.54) is 5.56 Å². The highest BCUT2D eigenvalue weighted by molar-refractivity contribution is 5.81. The van der Waals surface area contributed by atoms with Gasteiger partial charge in [-0.3, -0.25) is 9.69 Å². The minimum absolute atomic E-state index is 0.305. The average Bonchev–Trinajstić information content (AvgIpc) is 3.32. The van der Waals surface area contributed by atoms with E-state index < -0.39 is 0 Å². The number of hydrogen-bond donors (Lipinski definition) is 0. The molecule has 23 heavy (non-hydrogen) atoms. The van der Waals surface area contributed by atoms with E-state index in [4.69, 9.17) is 9.47 Å². The van der Waals surface area contributed by atoms with Crippen molar-refractivity contribution in [3.05, 3.63) is 23.8 Å². The van der Waals surface area contributed by atoms with Crippen molar-refractivity contribution in [1.82, 2.24) is 9.80 Å². The number of ether oxygens (including phenoxy) is 2. The van der Waals surface area contributed by atoms with Crippen LogP contribution < -0.4 is 9.47 Å². The molecule has 0 spiro atoms. The van der Waals surface area contributed by atoms with Crippen molar-refractivity contribution in [2.24, 2.45) is 11.8 Å². The molecular weight excluding hydrogens is 292 g/mol. The molecule has 1 amide bonds. The van der Waals surface area contributed by atoms with Crippen LogP contribution >= 0.6 is 0 Å². The van der Waals surface area contributed by atoms with Gasteiger partial charge in [-0.15, -0.1) is 0 Å². The molecule has 1 aromatic carbocycles. The van der Waals surface area contributed by atoms with Crippen molar-refractivity contribution in [2.75, 3.05) is 39.4 Å². The predicted octanol–water partition coefficient (Wildman–Crippen LogP) is 1.76. The second-order valence-electron chi connectivity index (χ2n) is 6.90. The molecule has 1 saturated carbocycles. The molecule has 5 heteroatoms. The summed E-state index contributed by atoms with van der Waals surface area (Å²) in [5.41, 5.74) is 1.24. The van der Waals surface area contributed by atoms with Gasteiger partial charge in [0.2, 0.25) is 5.91 Å². The maximum Gasteiger partial charge on any atom is 0.226 e. The largest absolute Gasteiger partial charge is 0.486 e. The second kappa shape index (κ2) is 6.04. The Morgan fingerprint density at radius 3 is 2.52 bits per heavy atom. The van der Waals surface area contributed by atoms with Crippen LogP contribution in [0.3, 0.4) is 0 Å². The fourth-order valence-electron chi connectivity index (χ4n) is 3.47. The molecule has 1 aromatic rings. The van der Waals surface area contributed by atoms with Gasteiger partial charge in [0.25, 0.3) is 0 Å². The molecule has 2 heterocycles. The van der Waals surface area contributed by atoms with E-state index in [1.807, 2.05) is 6.07 Å². The summed E-state index contributed by atoms with van der Waals surface area (Å²) in [7, 11) is 0. The molecule has 2 fully saturated rings. The quantitative estimate of drug-likeness (QED) is 0.852. The van der Waals surface area contributed by atoms with Crippen LogP contribution in [0.2, 0.25) is 0 Å². The summed E-state index contributed by atoms with van der Waals surface area (Å²) in [6, 6.07) is 6.19. The summed E-state index contributed by atoms with van der Waals surface area (Å²) in [5, 5.41) is 0. The summed E-state index contributed by atoms with van der Waals surface area (Å²) >= 11 is 0. The van der Waals surface area contributed by atoms with Crippen LogP contribution in [-0.2, 0) is 11.3 Å². The fourth-order valence-corrected chi connectivity index (χ4v) is 3.47. The van der Waals surface area contributed by atoms with Crippen molar-refractivity contribution >= 4 is 5.91 Å². The number of benzene rings is 1. The fraction of sp³-hybridized carbons (Fsp3) is 0.611. The first kappa shape index (κ1) is 14.8. The highest BCUT2D eigenvalue weighted by atomic mass is 16.6. The maximum atomic E-state index is 12.3. The van der Waals surface area contributed by atoms with E-state index in [-0.39, 0.29) is 0 Å². The zero-order chi connectivity index (χ0) is 15.8. The minimum atomic E-state index is 0.305. The Bertz CT molecular complexity index is 596. The molecule has 0 bridgehead atoms. The van der Waals surface area contributed by atoms with Gasteiger partial charge in [0, 0.05) is 38.6 Å². The third-order valence-electron chi connectivity index (χ3n) is 5.12. The first-order valence-corrected chi connectivity index (χ1v) is 8.60. The van der Waals surface area contributed by atoms with E-state index in [1.54, 1.807) is 0 Å². The highest BCUT2D eigenvalue weighted by Crippen LogP contribution is 2.39. The SMILES string of the molecule is C[C@@H]1C[C@H]1C(=O)N1CCN(Cc2ccc3c(c2)OCCO3)CC1. The Morgan fingerprint density at radius 2 is 1.83 bits per heavy atom. The lowest BCUT2D eigenvalue weighted by atomic mass is 10.1. The van der Waals surface area contributed by atoms with Crippen molar-refractivity contribution in [1.29, 1.82) is 0 Å². The summed E-state index contributed by atoms with van der Waals surface area (Å²) < 4.78 is 11.2. The van der Waals surface area contributed by atoms with Crippen LogP contribution in [0.1, 0.15) is 18.9 Å². The zero-order valence-electron chi connectivity index (χ0n) is 13.7. The van der Waals surface area contributed by atoms with E-state index in [0.717, 1.165) is 50.6 Å². The van der Waals surface area contributed by atoms with Gasteiger partial charge in [0.05, 0.1) is 0 Å². The highest BCUT2D eigenvalue weighted by Gasteiger charge is 2.41. The lowest BCUT2D eigenvalue weighted by Gasteiger charge is -2.35. The Balaban J connectivity index is 1.32. The molecule has 1 aliphatic carbocycles. The van der Waals surface area contributed by atoms with Gasteiger partial charge in [-0.05, 0) is 30.0 Å². The number of nitrogens with zero attached hydrogens (tertiary/aromatic N) is 2. The Kier molecular flexibility index (Phi) is 3.89. The number of piperazine rings is 1. The maximum absolute atomic E-state index is 12.3. The molecular formula is C18H24N2O3. The minimum Gasteiger partial charge on any atom is -0.486 e. The number of rotatable bonds is 3. The number of amides is 1. The molecule has 0 N–H and O–H groups in total. The van der Waals surface area contributed by atoms with Crippen molar-refractivity contribution in [3.63, 3.8) is 0 Å². The summed E-state index contributed by atoms with van der Waals surface area (Å²) in [5.74, 6) is 2.97. The van der Waals surface area contributed by atoms with E-state index in [2.05, 4.69) is 28.9 Å². The van der Waals surface area contributed by atoms with Gasteiger partial charge in [0.15, 0.2) is 11.5 Å². The van der Waals surface area contributed by atoms with Crippen LogP contribution in [-0.4, -0.2) is 55.1 Å². The van der Waals surface area contributed by atoms with Gasteiger partial charge in [0.1, 0.15) is 13.2 Å². The Morgan fingerprint density at radius 1 is 1.13 bits per heavy atom. The molecule has 124 valence electrons. The Labute approximate surface area is 137 Å². The Hall–Kier alpha value is -1.75. The van der Waals surface area contributed by atoms with Crippen LogP contribution in [0.15, 0.2) is 18.2 Å². The van der Waals surface area contributed by atoms with Gasteiger partial charge in [-0.2, -0.15) is 0 Å². The topological polar surface area (TPSA) is 42.0 Å². The van der Waals surface area contributed by atoms with E-state index in [9.17, 15) is 4.79 Å². The molecule has 4 rings (SSSR count). The van der Waals surface area contributed by atoms with E-state index >= 15 is 0 Å². The number of carbonyl (C=O) groups is 1. The van der Waals surface area contributed by atoms with Crippen LogP contribution in [0, 0.1) is 11.8 Å². The molecule has 2 aliphatic heterocycles. The summed E-state index contributed by atoms with van der Waals surface area (Å²) in [4.78, 5) is 16.7. The van der Waals surface area contributed by atoms with Crippen LogP contribution in [0.4, 0.5) is 0 Å². The van der Waals surface area contributed by atoms with Crippen LogP contribution in [0.25, 0.3) is 0 Å². The predicted molar refractivity (Wildman–Crippen MR) is 86.6 cm³/mol. The zero-order valence-corrected chi connectivity index (χ0v) is 13.7. The lowest BCUT2D eigenvalue weighted by Crippen LogP contribution is -2.48. The first-order chi connectivity index (χ1) is 11.2. The van der Waals surface area contributed by atoms with Gasteiger partial charge in [-0.25, -0.2) is 0 Å². The molecule has 1 saturated heterocycles. The van der Waals surface area contributed by atoms with Gasteiger partial charge >= 0.3 is 0 Å². The smallest absolute Gasteiger partial charge is 0.226 e. The molecule has 0 unspecified atom stereocenters. The van der Waals surface area contributed by atoms with E-state index in [0.29, 0.717) is 31.0 Å². The standard InChI is InChI=1S/C18H24N2O3/c1-13-10-15(13)18(21)20-6-4-19(5-7-20)12-14-2-3-16-17(11-14)23-9-8-22-16/h2-3,11,13,15H,4-10,12H2,1H3/t13-,15-/m1/s1. The third-order valence-corrected chi connectivity index (χ3v) is 5.12. The monoisotopic (exact) mass is 316 g/mol.